The van der Waals surface area contributed by atoms with E-state index >= 15 is 0 Å². The maximum atomic E-state index is 3.89. The molecular formula is C7H8BrN. The number of halogens is 1. The van der Waals surface area contributed by atoms with E-state index in [2.05, 4.69) is 4.99 Å². The summed E-state index contributed by atoms with van der Waals surface area (Å²) in [4.78, 5) is 3.89. The first kappa shape index (κ1) is 8.37. The average Bonchev–Trinajstić information content (AvgIpc) is 1.62. The smallest absolute Gasteiger partial charge is 0.0267 e. The Bertz CT molecular complexity index is 110. The number of rotatable bonds is 0. The Balaban J connectivity index is 0.000000640. The van der Waals surface area contributed by atoms with Crippen LogP contribution in [0.3, 0.4) is 0 Å². The van der Waals surface area contributed by atoms with Crippen molar-refractivity contribution < 1.29 is 0 Å². The maximum absolute atomic E-state index is 3.89. The first-order chi connectivity index (χ1) is 4.00. The average molecular weight is 186 g/mol. The lowest BCUT2D eigenvalue weighted by atomic mass is 10.4. The second-order valence-corrected chi connectivity index (χ2v) is 1.41. The Morgan fingerprint density at radius 3 is 2.33 bits per heavy atom. The van der Waals surface area contributed by atoms with E-state index in [0.717, 1.165) is 0 Å². The highest BCUT2D eigenvalue weighted by atomic mass is 79.9. The van der Waals surface area contributed by atoms with Gasteiger partial charge in [-0.25, -0.2) is 0 Å². The van der Waals surface area contributed by atoms with Crippen molar-refractivity contribution in [3.63, 3.8) is 0 Å². The maximum Gasteiger partial charge on any atom is 0.0267 e. The molecule has 0 unspecified atom stereocenters. The molecule has 1 aliphatic rings. The first-order valence-corrected chi connectivity index (χ1v) is 2.52. The van der Waals surface area contributed by atoms with Crippen molar-refractivity contribution in [2.75, 3.05) is 0 Å². The molecule has 0 atom stereocenters. The van der Waals surface area contributed by atoms with Crippen LogP contribution in [0.2, 0.25) is 0 Å². The fourth-order valence-electron chi connectivity index (χ4n) is 0.441. The Morgan fingerprint density at radius 1 is 0.778 bits per heavy atom. The number of hydrogen-bond acceptors (Lipinski definition) is 1. The minimum atomic E-state index is 0. The summed E-state index contributed by atoms with van der Waals surface area (Å²) >= 11 is 0. The second kappa shape index (κ2) is 5.51. The summed E-state index contributed by atoms with van der Waals surface area (Å²) in [5.41, 5.74) is 0. The molecule has 48 valence electrons. The summed E-state index contributed by atoms with van der Waals surface area (Å²) in [5, 5.41) is 0. The predicted molar refractivity (Wildman–Crippen MR) is 46.2 cm³/mol. The Kier molecular flexibility index (Phi) is 5.12. The first-order valence-electron chi connectivity index (χ1n) is 2.52. The molecular weight excluding hydrogens is 178 g/mol. The monoisotopic (exact) mass is 185 g/mol. The molecule has 1 nitrogen and oxygen atoms in total. The van der Waals surface area contributed by atoms with Crippen molar-refractivity contribution in [2.45, 2.75) is 0 Å². The molecule has 1 aliphatic heterocycles. The number of aliphatic imine (C=N–C) groups is 1. The van der Waals surface area contributed by atoms with Gasteiger partial charge in [0.25, 0.3) is 0 Å². The van der Waals surface area contributed by atoms with Crippen LogP contribution in [0, 0.1) is 0 Å². The Labute approximate surface area is 65.3 Å². The van der Waals surface area contributed by atoms with E-state index in [-0.39, 0.29) is 17.0 Å². The van der Waals surface area contributed by atoms with Crippen molar-refractivity contribution >= 4 is 23.2 Å². The minimum absolute atomic E-state index is 0. The summed E-state index contributed by atoms with van der Waals surface area (Å²) in [6, 6.07) is 0. The van der Waals surface area contributed by atoms with Gasteiger partial charge in [-0.1, -0.05) is 18.2 Å². The van der Waals surface area contributed by atoms with Crippen LogP contribution in [-0.4, -0.2) is 6.21 Å². The van der Waals surface area contributed by atoms with E-state index < -0.39 is 0 Å². The Morgan fingerprint density at radius 2 is 1.44 bits per heavy atom. The number of hydrogen-bond donors (Lipinski definition) is 0. The molecule has 0 saturated heterocycles. The molecule has 1 heterocycles. The summed E-state index contributed by atoms with van der Waals surface area (Å²) in [6.07, 6.45) is 13.1. The van der Waals surface area contributed by atoms with E-state index in [1.807, 2.05) is 30.4 Å². The second-order valence-electron chi connectivity index (χ2n) is 1.41. The third-order valence-electron chi connectivity index (χ3n) is 0.789. The van der Waals surface area contributed by atoms with Gasteiger partial charge in [0, 0.05) is 12.4 Å². The summed E-state index contributed by atoms with van der Waals surface area (Å²) in [6.45, 7) is 0. The highest BCUT2D eigenvalue weighted by Crippen LogP contribution is 1.83. The van der Waals surface area contributed by atoms with Crippen LogP contribution in [0.1, 0.15) is 0 Å². The summed E-state index contributed by atoms with van der Waals surface area (Å²) in [5.74, 6) is 0. The van der Waals surface area contributed by atoms with Crippen molar-refractivity contribution in [1.29, 1.82) is 0 Å². The molecule has 0 fully saturated rings. The van der Waals surface area contributed by atoms with Gasteiger partial charge in [-0.2, -0.15) is 0 Å². The van der Waals surface area contributed by atoms with Crippen LogP contribution in [0.15, 0.2) is 41.6 Å². The van der Waals surface area contributed by atoms with E-state index in [1.54, 1.807) is 12.4 Å². The highest BCUT2D eigenvalue weighted by molar-refractivity contribution is 8.93. The van der Waals surface area contributed by atoms with Crippen LogP contribution in [0.4, 0.5) is 0 Å². The lowest BCUT2D eigenvalue weighted by molar-refractivity contribution is 1.58. The SMILES string of the molecule is Br.C1=CC=CN=CC=C1. The van der Waals surface area contributed by atoms with Crippen LogP contribution < -0.4 is 0 Å². The zero-order valence-corrected chi connectivity index (χ0v) is 6.61. The quantitative estimate of drug-likeness (QED) is 0.550. The molecule has 9 heavy (non-hydrogen) atoms. The molecule has 0 spiro atoms. The van der Waals surface area contributed by atoms with Gasteiger partial charge >= 0.3 is 0 Å². The fourth-order valence-corrected chi connectivity index (χ4v) is 0.441. The van der Waals surface area contributed by atoms with Crippen LogP contribution in [0.25, 0.3) is 0 Å². The molecule has 0 radical (unpaired) electrons. The standard InChI is InChI=1S/C7H7N.BrH/c1-2-4-6-8-7-5-3-1;/h1-7H;1H. The van der Waals surface area contributed by atoms with E-state index in [0.29, 0.717) is 0 Å². The van der Waals surface area contributed by atoms with E-state index in [1.165, 1.54) is 0 Å². The third-order valence-corrected chi connectivity index (χ3v) is 0.789. The molecule has 0 saturated carbocycles. The lowest BCUT2D eigenvalue weighted by Gasteiger charge is -1.77. The number of nitrogens with zero attached hydrogens (tertiary/aromatic N) is 1. The van der Waals surface area contributed by atoms with Gasteiger partial charge in [-0.15, -0.1) is 17.0 Å². The molecule has 0 aromatic rings. The lowest BCUT2D eigenvalue weighted by Crippen LogP contribution is -1.63. The molecule has 0 amide bonds. The van der Waals surface area contributed by atoms with Crippen molar-refractivity contribution in [3.05, 3.63) is 36.6 Å². The topological polar surface area (TPSA) is 12.4 Å². The van der Waals surface area contributed by atoms with Gasteiger partial charge in [0.1, 0.15) is 0 Å². The molecule has 1 rings (SSSR count). The highest BCUT2D eigenvalue weighted by Gasteiger charge is 1.65. The van der Waals surface area contributed by atoms with Gasteiger partial charge < -0.3 is 0 Å². The van der Waals surface area contributed by atoms with E-state index in [4.69, 9.17) is 0 Å². The van der Waals surface area contributed by atoms with Gasteiger partial charge in [0.05, 0.1) is 0 Å². The van der Waals surface area contributed by atoms with Gasteiger partial charge in [-0.3, -0.25) is 4.99 Å². The molecule has 2 heteroatoms. The van der Waals surface area contributed by atoms with Crippen molar-refractivity contribution in [1.82, 2.24) is 0 Å². The van der Waals surface area contributed by atoms with Gasteiger partial charge in [0.2, 0.25) is 0 Å². The largest absolute Gasteiger partial charge is 0.265 e. The molecule has 0 aliphatic carbocycles. The fraction of sp³-hybridized carbons (Fsp3) is 0. The van der Waals surface area contributed by atoms with Crippen LogP contribution in [0.5, 0.6) is 0 Å². The molecule has 0 aromatic heterocycles. The molecule has 0 aromatic carbocycles. The van der Waals surface area contributed by atoms with Crippen LogP contribution in [-0.2, 0) is 0 Å². The van der Waals surface area contributed by atoms with Crippen LogP contribution >= 0.6 is 17.0 Å². The zero-order chi connectivity index (χ0) is 5.66. The molecule has 0 N–H and O–H groups in total. The third kappa shape index (κ3) is 3.91. The normalized spacial score (nSPS) is 14.2. The summed E-state index contributed by atoms with van der Waals surface area (Å²) in [7, 11) is 0. The predicted octanol–water partition coefficient (Wildman–Crippen LogP) is 2.27. The number of allylic oxidation sites excluding steroid dienone is 5. The summed E-state index contributed by atoms with van der Waals surface area (Å²) < 4.78 is 0. The van der Waals surface area contributed by atoms with E-state index in [9.17, 15) is 0 Å². The van der Waals surface area contributed by atoms with Gasteiger partial charge in [0.15, 0.2) is 0 Å². The molecule has 0 bridgehead atoms. The van der Waals surface area contributed by atoms with Crippen molar-refractivity contribution in [2.24, 2.45) is 4.99 Å². The van der Waals surface area contributed by atoms with Crippen molar-refractivity contribution in [3.8, 4) is 0 Å². The zero-order valence-electron chi connectivity index (χ0n) is 4.90. The Hall–Kier alpha value is -0.630. The van der Waals surface area contributed by atoms with Gasteiger partial charge in [-0.05, 0) is 12.2 Å². The minimum Gasteiger partial charge on any atom is -0.265 e.